The molecule has 2 aromatic rings. The van der Waals surface area contributed by atoms with Crippen LogP contribution in [0.15, 0.2) is 30.3 Å². The van der Waals surface area contributed by atoms with Crippen LogP contribution in [0.2, 0.25) is 0 Å². The molecule has 1 aliphatic rings. The van der Waals surface area contributed by atoms with Gasteiger partial charge in [0.05, 0.1) is 17.9 Å². The molecule has 1 aromatic heterocycles. The average molecular weight is 428 g/mol. The van der Waals surface area contributed by atoms with Gasteiger partial charge < -0.3 is 20.1 Å². The van der Waals surface area contributed by atoms with Crippen molar-refractivity contribution < 1.29 is 19.1 Å². The van der Waals surface area contributed by atoms with Crippen molar-refractivity contribution in [1.82, 2.24) is 15.1 Å². The Morgan fingerprint density at radius 3 is 2.42 bits per heavy atom. The number of esters is 2. The number of anilines is 2. The number of piperazine rings is 1. The lowest BCUT2D eigenvalue weighted by atomic mass is 10.1. The van der Waals surface area contributed by atoms with Crippen molar-refractivity contribution in [2.75, 3.05) is 43.4 Å². The predicted octanol–water partition coefficient (Wildman–Crippen LogP) is 2.11. The lowest BCUT2D eigenvalue weighted by Gasteiger charge is -2.36. The minimum atomic E-state index is -0.491. The molecule has 166 valence electrons. The number of benzene rings is 1. The third-order valence-electron chi connectivity index (χ3n) is 4.70. The van der Waals surface area contributed by atoms with Crippen molar-refractivity contribution in [3.05, 3.63) is 30.3 Å². The number of nitrogens with two attached hydrogens (primary N) is 1. The molecule has 1 aromatic carbocycles. The molecule has 9 nitrogen and oxygen atoms in total. The molecule has 0 unspecified atom stereocenters. The van der Waals surface area contributed by atoms with Gasteiger partial charge in [-0.05, 0) is 39.0 Å². The summed E-state index contributed by atoms with van der Waals surface area (Å²) < 4.78 is 10.7. The Kier molecular flexibility index (Phi) is 6.74. The molecule has 0 bridgehead atoms. The number of hydrogen-bond acceptors (Lipinski definition) is 9. The van der Waals surface area contributed by atoms with Gasteiger partial charge >= 0.3 is 11.9 Å². The van der Waals surface area contributed by atoms with E-state index in [4.69, 9.17) is 15.2 Å². The first-order valence-electron chi connectivity index (χ1n) is 10.2. The zero-order chi connectivity index (χ0) is 22.6. The second-order valence-electron chi connectivity index (χ2n) is 8.44. The first-order chi connectivity index (χ1) is 14.6. The summed E-state index contributed by atoms with van der Waals surface area (Å²) in [5, 5.41) is 8.31. The van der Waals surface area contributed by atoms with Gasteiger partial charge in [0.2, 0.25) is 0 Å². The highest BCUT2D eigenvalue weighted by Gasteiger charge is 2.24. The van der Waals surface area contributed by atoms with E-state index in [2.05, 4.69) is 20.0 Å². The molecule has 1 saturated heterocycles. The molecule has 2 heterocycles. The van der Waals surface area contributed by atoms with E-state index < -0.39 is 11.6 Å². The van der Waals surface area contributed by atoms with Crippen LogP contribution >= 0.6 is 0 Å². The maximum absolute atomic E-state index is 12.1. The Labute approximate surface area is 182 Å². The Morgan fingerprint density at radius 1 is 1.10 bits per heavy atom. The van der Waals surface area contributed by atoms with E-state index in [9.17, 15) is 9.59 Å². The first kappa shape index (κ1) is 22.5. The predicted molar refractivity (Wildman–Crippen MR) is 118 cm³/mol. The van der Waals surface area contributed by atoms with Crippen molar-refractivity contribution in [3.63, 3.8) is 0 Å². The molecular weight excluding hydrogens is 398 g/mol. The maximum Gasteiger partial charge on any atom is 0.320 e. The van der Waals surface area contributed by atoms with Crippen LogP contribution < -0.4 is 15.4 Å². The van der Waals surface area contributed by atoms with Gasteiger partial charge in [-0.2, -0.15) is 0 Å². The Balaban J connectivity index is 1.71. The molecule has 3 rings (SSSR count). The first-order valence-corrected chi connectivity index (χ1v) is 10.2. The van der Waals surface area contributed by atoms with Crippen molar-refractivity contribution in [2.24, 2.45) is 0 Å². The number of aromatic nitrogens is 2. The van der Waals surface area contributed by atoms with Crippen LogP contribution in [-0.2, 0) is 14.3 Å². The molecule has 0 radical (unpaired) electrons. The second-order valence-corrected chi connectivity index (χ2v) is 8.44. The molecule has 9 heteroatoms. The summed E-state index contributed by atoms with van der Waals surface area (Å²) in [4.78, 5) is 27.7. The molecule has 0 aliphatic carbocycles. The number of rotatable bonds is 5. The Hall–Kier alpha value is -3.20. The monoisotopic (exact) mass is 427 g/mol. The summed E-state index contributed by atoms with van der Waals surface area (Å²) >= 11 is 0. The van der Waals surface area contributed by atoms with Crippen molar-refractivity contribution in [1.29, 1.82) is 0 Å². The lowest BCUT2D eigenvalue weighted by molar-refractivity contribution is -0.156. The Bertz CT molecular complexity index is 949. The molecule has 0 amide bonds. The van der Waals surface area contributed by atoms with Crippen LogP contribution in [0.3, 0.4) is 0 Å². The van der Waals surface area contributed by atoms with Crippen LogP contribution in [-0.4, -0.2) is 65.4 Å². The zero-order valence-corrected chi connectivity index (χ0v) is 18.4. The molecular formula is C22H29N5O4. The normalized spacial score (nSPS) is 14.9. The minimum absolute atomic E-state index is 0.226. The summed E-state index contributed by atoms with van der Waals surface area (Å²) in [5.74, 6) is 0.115. The highest BCUT2D eigenvalue weighted by Crippen LogP contribution is 2.32. The molecule has 1 aliphatic heterocycles. The smallest absolute Gasteiger partial charge is 0.320 e. The molecule has 0 spiro atoms. The number of hydrogen-bond donors (Lipinski definition) is 1. The Morgan fingerprint density at radius 2 is 1.77 bits per heavy atom. The van der Waals surface area contributed by atoms with Crippen LogP contribution in [0.1, 0.15) is 27.7 Å². The number of ether oxygens (including phenoxy) is 2. The maximum atomic E-state index is 12.1. The van der Waals surface area contributed by atoms with E-state index in [-0.39, 0.29) is 12.5 Å². The van der Waals surface area contributed by atoms with Gasteiger partial charge in [0, 0.05) is 38.7 Å². The quantitative estimate of drug-likeness (QED) is 0.566. The summed E-state index contributed by atoms with van der Waals surface area (Å²) in [5.41, 5.74) is 7.61. The van der Waals surface area contributed by atoms with Gasteiger partial charge in [-0.15, -0.1) is 10.2 Å². The summed E-state index contributed by atoms with van der Waals surface area (Å²) in [7, 11) is 0. The van der Waals surface area contributed by atoms with E-state index in [0.717, 1.165) is 5.69 Å². The summed E-state index contributed by atoms with van der Waals surface area (Å²) in [6, 6.07) is 9.02. The number of carbonyl (C=O) groups is 2. The van der Waals surface area contributed by atoms with Gasteiger partial charge in [0.25, 0.3) is 0 Å². The lowest BCUT2D eigenvalue weighted by Crippen LogP contribution is -2.49. The van der Waals surface area contributed by atoms with Gasteiger partial charge in [-0.3, -0.25) is 14.5 Å². The molecule has 31 heavy (non-hydrogen) atoms. The summed E-state index contributed by atoms with van der Waals surface area (Å²) in [6.45, 7) is 9.95. The van der Waals surface area contributed by atoms with Crippen molar-refractivity contribution in [2.45, 2.75) is 33.3 Å². The average Bonchev–Trinajstić information content (AvgIpc) is 2.68. The van der Waals surface area contributed by atoms with E-state index >= 15 is 0 Å². The highest BCUT2D eigenvalue weighted by atomic mass is 16.6. The standard InChI is InChI=1S/C22H29N5O4/c1-15(28)30-19-8-6-5-7-16(19)17-13-18(21(23)25-24-17)27-11-9-26(10-12-27)14-20(29)31-22(2,3)4/h5-8,13H,9-12,14H2,1-4H3,(H2,23,25). The third kappa shape index (κ3) is 6.14. The second kappa shape index (κ2) is 9.30. The van der Waals surface area contributed by atoms with Crippen LogP contribution in [0, 0.1) is 0 Å². The number of carbonyl (C=O) groups excluding carboxylic acids is 2. The number of para-hydroxylation sites is 1. The molecule has 0 atom stereocenters. The largest absolute Gasteiger partial charge is 0.459 e. The highest BCUT2D eigenvalue weighted by molar-refractivity contribution is 5.78. The van der Waals surface area contributed by atoms with Crippen molar-refractivity contribution in [3.8, 4) is 17.0 Å². The van der Waals surface area contributed by atoms with E-state index in [1.54, 1.807) is 12.1 Å². The number of nitrogen functional groups attached to an aromatic ring is 1. The van der Waals surface area contributed by atoms with Crippen LogP contribution in [0.25, 0.3) is 11.3 Å². The topological polar surface area (TPSA) is 111 Å². The van der Waals surface area contributed by atoms with Crippen molar-refractivity contribution >= 4 is 23.4 Å². The molecule has 0 saturated carbocycles. The van der Waals surface area contributed by atoms with Crippen LogP contribution in [0.4, 0.5) is 11.5 Å². The number of nitrogens with zero attached hydrogens (tertiary/aromatic N) is 4. The van der Waals surface area contributed by atoms with Gasteiger partial charge in [-0.1, -0.05) is 12.1 Å². The van der Waals surface area contributed by atoms with Gasteiger partial charge in [0.15, 0.2) is 5.82 Å². The van der Waals surface area contributed by atoms with E-state index in [1.165, 1.54) is 6.92 Å². The van der Waals surface area contributed by atoms with E-state index in [1.807, 2.05) is 39.0 Å². The minimum Gasteiger partial charge on any atom is -0.459 e. The fraction of sp³-hybridized carbons (Fsp3) is 0.455. The third-order valence-corrected chi connectivity index (χ3v) is 4.70. The van der Waals surface area contributed by atoms with Gasteiger partial charge in [-0.25, -0.2) is 0 Å². The summed E-state index contributed by atoms with van der Waals surface area (Å²) in [6.07, 6.45) is 0. The fourth-order valence-electron chi connectivity index (χ4n) is 3.40. The van der Waals surface area contributed by atoms with Crippen LogP contribution in [0.5, 0.6) is 5.75 Å². The fourth-order valence-corrected chi connectivity index (χ4v) is 3.40. The molecule has 2 N–H and O–H groups in total. The van der Waals surface area contributed by atoms with Gasteiger partial charge in [0.1, 0.15) is 11.4 Å². The van der Waals surface area contributed by atoms with E-state index in [0.29, 0.717) is 49.0 Å². The zero-order valence-electron chi connectivity index (χ0n) is 18.4. The SMILES string of the molecule is CC(=O)Oc1ccccc1-c1cc(N2CCN(CC(=O)OC(C)(C)C)CC2)c(N)nn1. The molecule has 1 fully saturated rings.